The molecule has 2 heterocycles. The third-order valence-corrected chi connectivity index (χ3v) is 4.06. The number of hydrogen-bond acceptors (Lipinski definition) is 2. The summed E-state index contributed by atoms with van der Waals surface area (Å²) in [5.74, 6) is 0.260. The topological polar surface area (TPSA) is 34.4 Å². The first kappa shape index (κ1) is 12.9. The molecule has 7 heteroatoms. The predicted octanol–water partition coefficient (Wildman–Crippen LogP) is 3.20. The first-order valence-electron chi connectivity index (χ1n) is 5.68. The van der Waals surface area contributed by atoms with Gasteiger partial charge < -0.3 is 0 Å². The number of hydrogen-bond donors (Lipinski definition) is 0. The van der Waals surface area contributed by atoms with E-state index in [1.165, 1.54) is 33.1 Å². The Labute approximate surface area is 119 Å². The molecule has 2 aromatic heterocycles. The van der Waals surface area contributed by atoms with E-state index in [0.29, 0.717) is 0 Å². The Kier molecular flexibility index (Phi) is 2.84. The number of halogens is 4. The molecule has 3 nitrogen and oxygen atoms in total. The van der Waals surface area contributed by atoms with Crippen LogP contribution in [0, 0.1) is 3.57 Å². The second-order valence-electron chi connectivity index (χ2n) is 4.50. The maximum absolute atomic E-state index is 12.8. The van der Waals surface area contributed by atoms with Crippen molar-refractivity contribution in [3.8, 4) is 0 Å². The van der Waals surface area contributed by atoms with E-state index in [2.05, 4.69) is 4.98 Å². The van der Waals surface area contributed by atoms with Crippen molar-refractivity contribution in [2.45, 2.75) is 24.9 Å². The molecule has 0 saturated heterocycles. The number of rotatable bonds is 1. The molecular weight excluding hydrogens is 372 g/mol. The zero-order valence-corrected chi connectivity index (χ0v) is 11.7. The number of fused-ring (bicyclic) bond motifs is 1. The molecule has 0 atom stereocenters. The molecule has 2 aromatic rings. The van der Waals surface area contributed by atoms with E-state index in [1.54, 1.807) is 12.1 Å². The van der Waals surface area contributed by atoms with E-state index in [9.17, 15) is 18.0 Å². The lowest BCUT2D eigenvalue weighted by Gasteiger charge is -2.12. The zero-order chi connectivity index (χ0) is 13.8. The van der Waals surface area contributed by atoms with Gasteiger partial charge in [-0.15, -0.1) is 0 Å². The first-order chi connectivity index (χ1) is 8.89. The number of pyridine rings is 1. The molecule has 0 aliphatic heterocycles. The van der Waals surface area contributed by atoms with Gasteiger partial charge in [-0.1, -0.05) is 6.07 Å². The highest BCUT2D eigenvalue weighted by Gasteiger charge is 2.37. The quantitative estimate of drug-likeness (QED) is 0.713. The summed E-state index contributed by atoms with van der Waals surface area (Å²) in [7, 11) is 0. The van der Waals surface area contributed by atoms with E-state index >= 15 is 0 Å². The average molecular weight is 380 g/mol. The van der Waals surface area contributed by atoms with Crippen LogP contribution in [-0.4, -0.2) is 9.38 Å². The molecule has 1 aliphatic carbocycles. The third kappa shape index (κ3) is 2.13. The van der Waals surface area contributed by atoms with Gasteiger partial charge in [-0.2, -0.15) is 13.2 Å². The van der Waals surface area contributed by atoms with Crippen LogP contribution in [0.1, 0.15) is 30.1 Å². The van der Waals surface area contributed by atoms with E-state index in [-0.39, 0.29) is 15.1 Å². The van der Waals surface area contributed by atoms with Crippen LogP contribution < -0.4 is 5.56 Å². The fourth-order valence-corrected chi connectivity index (χ4v) is 2.74. The smallest absolute Gasteiger partial charge is 0.268 e. The summed E-state index contributed by atoms with van der Waals surface area (Å²) in [6.07, 6.45) is -2.69. The summed E-state index contributed by atoms with van der Waals surface area (Å²) < 4.78 is 39.4. The number of aromatic nitrogens is 2. The monoisotopic (exact) mass is 380 g/mol. The predicted molar refractivity (Wildman–Crippen MR) is 71.2 cm³/mol. The molecule has 3 rings (SSSR count). The fraction of sp³-hybridized carbons (Fsp3) is 0.333. The molecule has 0 bridgehead atoms. The van der Waals surface area contributed by atoms with Crippen LogP contribution in [0.5, 0.6) is 0 Å². The largest absolute Gasteiger partial charge is 0.434 e. The maximum atomic E-state index is 12.8. The van der Waals surface area contributed by atoms with Crippen LogP contribution in [0.25, 0.3) is 5.65 Å². The van der Waals surface area contributed by atoms with E-state index < -0.39 is 17.4 Å². The summed E-state index contributed by atoms with van der Waals surface area (Å²) >= 11 is 1.42. The van der Waals surface area contributed by atoms with Gasteiger partial charge in [0.05, 0.1) is 0 Å². The van der Waals surface area contributed by atoms with Crippen molar-refractivity contribution in [3.63, 3.8) is 0 Å². The van der Waals surface area contributed by atoms with Gasteiger partial charge in [-0.05, 0) is 53.5 Å². The highest BCUT2D eigenvalue weighted by molar-refractivity contribution is 14.1. The van der Waals surface area contributed by atoms with Crippen LogP contribution in [0.3, 0.4) is 0 Å². The Bertz CT molecular complexity index is 719. The molecule has 0 amide bonds. The Morgan fingerprint density at radius 2 is 2.00 bits per heavy atom. The molecule has 0 spiro atoms. The van der Waals surface area contributed by atoms with Crippen molar-refractivity contribution in [2.75, 3.05) is 0 Å². The minimum absolute atomic E-state index is 0.0575. The van der Waals surface area contributed by atoms with Gasteiger partial charge in [0.2, 0.25) is 0 Å². The SMILES string of the molecule is O=c1c(I)c(C(F)(F)F)nc2cccc(C3CC3)n12. The minimum Gasteiger partial charge on any atom is -0.268 e. The van der Waals surface area contributed by atoms with Gasteiger partial charge >= 0.3 is 6.18 Å². The molecule has 1 fully saturated rings. The molecule has 0 N–H and O–H groups in total. The van der Waals surface area contributed by atoms with Crippen molar-refractivity contribution < 1.29 is 13.2 Å². The van der Waals surface area contributed by atoms with E-state index in [4.69, 9.17) is 0 Å². The van der Waals surface area contributed by atoms with Crippen LogP contribution in [0.4, 0.5) is 13.2 Å². The molecular formula is C12H8F3IN2O. The highest BCUT2D eigenvalue weighted by Crippen LogP contribution is 2.40. The Balaban J connectivity index is 2.38. The number of nitrogens with zero attached hydrogens (tertiary/aromatic N) is 2. The van der Waals surface area contributed by atoms with Crippen LogP contribution in [0.2, 0.25) is 0 Å². The maximum Gasteiger partial charge on any atom is 0.434 e. The lowest BCUT2D eigenvalue weighted by atomic mass is 10.2. The standard InChI is InChI=1S/C12H8F3IN2O/c13-12(14,15)10-9(16)11(19)18-7(6-4-5-6)2-1-3-8(18)17-10/h1-3,6H,4-5H2. The van der Waals surface area contributed by atoms with Gasteiger partial charge in [0, 0.05) is 5.69 Å². The summed E-state index contributed by atoms with van der Waals surface area (Å²) in [5, 5.41) is 0. The summed E-state index contributed by atoms with van der Waals surface area (Å²) in [4.78, 5) is 15.8. The molecule has 1 saturated carbocycles. The van der Waals surface area contributed by atoms with Gasteiger partial charge in [0.1, 0.15) is 9.22 Å². The lowest BCUT2D eigenvalue weighted by molar-refractivity contribution is -0.141. The van der Waals surface area contributed by atoms with Gasteiger partial charge in [0.15, 0.2) is 5.69 Å². The second kappa shape index (κ2) is 4.19. The van der Waals surface area contributed by atoms with Crippen molar-refractivity contribution in [1.29, 1.82) is 0 Å². The molecule has 19 heavy (non-hydrogen) atoms. The molecule has 0 aromatic carbocycles. The summed E-state index contributed by atoms with van der Waals surface area (Å²) in [5.41, 5.74) is -0.935. The Morgan fingerprint density at radius 1 is 1.32 bits per heavy atom. The van der Waals surface area contributed by atoms with Crippen molar-refractivity contribution in [3.05, 3.63) is 43.5 Å². The fourth-order valence-electron chi connectivity index (χ4n) is 2.07. The Morgan fingerprint density at radius 3 is 2.58 bits per heavy atom. The summed E-state index contributed by atoms with van der Waals surface area (Å²) in [6.45, 7) is 0. The average Bonchev–Trinajstić information content (AvgIpc) is 3.15. The molecule has 0 unspecified atom stereocenters. The van der Waals surface area contributed by atoms with Gasteiger partial charge in [0.25, 0.3) is 5.56 Å². The molecule has 100 valence electrons. The Hall–Kier alpha value is -1.12. The van der Waals surface area contributed by atoms with E-state index in [1.807, 2.05) is 0 Å². The normalized spacial score (nSPS) is 16.0. The highest BCUT2D eigenvalue weighted by atomic mass is 127. The zero-order valence-electron chi connectivity index (χ0n) is 9.54. The van der Waals surface area contributed by atoms with Gasteiger partial charge in [-0.25, -0.2) is 4.98 Å². The third-order valence-electron chi connectivity index (χ3n) is 3.09. The number of alkyl halides is 3. The molecule has 0 radical (unpaired) electrons. The molecule has 1 aliphatic rings. The van der Waals surface area contributed by atoms with Crippen LogP contribution in [-0.2, 0) is 6.18 Å². The second-order valence-corrected chi connectivity index (χ2v) is 5.57. The first-order valence-corrected chi connectivity index (χ1v) is 6.76. The van der Waals surface area contributed by atoms with Crippen molar-refractivity contribution >= 4 is 28.2 Å². The van der Waals surface area contributed by atoms with Crippen molar-refractivity contribution in [2.24, 2.45) is 0 Å². The lowest BCUT2D eigenvalue weighted by Crippen LogP contribution is -2.26. The van der Waals surface area contributed by atoms with Crippen molar-refractivity contribution in [1.82, 2.24) is 9.38 Å². The van der Waals surface area contributed by atoms with Crippen LogP contribution >= 0.6 is 22.6 Å². The van der Waals surface area contributed by atoms with E-state index in [0.717, 1.165) is 18.5 Å². The summed E-state index contributed by atoms with van der Waals surface area (Å²) in [6, 6.07) is 4.85. The minimum atomic E-state index is -4.61. The van der Waals surface area contributed by atoms with Crippen LogP contribution in [0.15, 0.2) is 23.0 Å². The van der Waals surface area contributed by atoms with Gasteiger partial charge in [-0.3, -0.25) is 9.20 Å².